The van der Waals surface area contributed by atoms with Crippen LogP contribution in [-0.2, 0) is 9.53 Å². The van der Waals surface area contributed by atoms with E-state index in [4.69, 9.17) is 21.1 Å². The molecule has 8 heteroatoms. The second kappa shape index (κ2) is 6.61. The smallest absolute Gasteiger partial charge is 0.344 e. The first kappa shape index (κ1) is 14.8. The van der Waals surface area contributed by atoms with Crippen LogP contribution < -0.4 is 11.1 Å². The standard InChI is InChI=1S/C11H13N5O2S/c1-3-18-10(17)7(9(13)14)8-6(4-12)5-15-11(16-8)19-2/h5H,3H2,1-2H3,(H3,13,14)(H,15,16). The number of carbonyl (C=O) groups is 1. The van der Waals surface area contributed by atoms with Gasteiger partial charge in [0, 0.05) is 6.20 Å². The number of allylic oxidation sites excluding steroid dienone is 1. The van der Waals surface area contributed by atoms with E-state index in [1.54, 1.807) is 13.2 Å². The number of carbonyl (C=O) groups excluding carboxylic acids is 1. The van der Waals surface area contributed by atoms with Crippen molar-refractivity contribution in [2.24, 2.45) is 10.7 Å². The van der Waals surface area contributed by atoms with E-state index in [1.165, 1.54) is 18.0 Å². The van der Waals surface area contributed by atoms with Gasteiger partial charge in [0.2, 0.25) is 0 Å². The van der Waals surface area contributed by atoms with E-state index in [1.807, 2.05) is 6.07 Å². The molecule has 0 spiro atoms. The highest BCUT2D eigenvalue weighted by molar-refractivity contribution is 8.13. The third-order valence-corrected chi connectivity index (χ3v) is 2.72. The molecule has 0 aromatic carbocycles. The molecule has 4 N–H and O–H groups in total. The number of nitrogens with one attached hydrogen (secondary N) is 2. The number of hydrogen-bond acceptors (Lipinski definition) is 7. The van der Waals surface area contributed by atoms with Gasteiger partial charge in [-0.25, -0.2) is 9.79 Å². The summed E-state index contributed by atoms with van der Waals surface area (Å²) in [5, 5.41) is 19.8. The van der Waals surface area contributed by atoms with Crippen molar-refractivity contribution < 1.29 is 9.53 Å². The molecule has 1 aliphatic heterocycles. The lowest BCUT2D eigenvalue weighted by molar-refractivity contribution is -0.137. The minimum atomic E-state index is -0.749. The third kappa shape index (κ3) is 3.35. The van der Waals surface area contributed by atoms with Gasteiger partial charge in [0.1, 0.15) is 17.5 Å². The normalized spacial score (nSPS) is 16.5. The Kier molecular flexibility index (Phi) is 5.14. The average molecular weight is 279 g/mol. The number of amidine groups is 2. The van der Waals surface area contributed by atoms with Crippen LogP contribution in [0.3, 0.4) is 0 Å². The molecule has 0 atom stereocenters. The number of aliphatic imine (C=N–C) groups is 1. The molecule has 0 aliphatic carbocycles. The van der Waals surface area contributed by atoms with E-state index in [0.29, 0.717) is 5.17 Å². The van der Waals surface area contributed by atoms with Gasteiger partial charge in [-0.2, -0.15) is 5.26 Å². The third-order valence-electron chi connectivity index (χ3n) is 2.12. The Balaban J connectivity index is 3.34. The molecule has 19 heavy (non-hydrogen) atoms. The van der Waals surface area contributed by atoms with Gasteiger partial charge in [-0.3, -0.25) is 5.41 Å². The molecule has 1 aliphatic rings. The van der Waals surface area contributed by atoms with E-state index < -0.39 is 11.8 Å². The molecule has 0 bridgehead atoms. The van der Waals surface area contributed by atoms with Crippen LogP contribution in [0.5, 0.6) is 0 Å². The van der Waals surface area contributed by atoms with E-state index >= 15 is 0 Å². The van der Waals surface area contributed by atoms with Crippen LogP contribution in [0, 0.1) is 16.7 Å². The van der Waals surface area contributed by atoms with Crippen LogP contribution in [-0.4, -0.2) is 29.8 Å². The lowest BCUT2D eigenvalue weighted by Gasteiger charge is -2.17. The topological polar surface area (TPSA) is 124 Å². The van der Waals surface area contributed by atoms with Crippen LogP contribution in [0.4, 0.5) is 0 Å². The van der Waals surface area contributed by atoms with Crippen molar-refractivity contribution in [3.8, 4) is 6.07 Å². The Hall–Kier alpha value is -2.27. The highest BCUT2D eigenvalue weighted by Crippen LogP contribution is 2.19. The Bertz CT molecular complexity index is 542. The Morgan fingerprint density at radius 2 is 2.42 bits per heavy atom. The van der Waals surface area contributed by atoms with Gasteiger partial charge < -0.3 is 15.8 Å². The highest BCUT2D eigenvalue weighted by atomic mass is 32.2. The Labute approximate surface area is 114 Å². The highest BCUT2D eigenvalue weighted by Gasteiger charge is 2.25. The maximum atomic E-state index is 11.8. The van der Waals surface area contributed by atoms with E-state index in [9.17, 15) is 4.79 Å². The summed E-state index contributed by atoms with van der Waals surface area (Å²) in [6.07, 6.45) is 3.10. The first-order valence-corrected chi connectivity index (χ1v) is 6.52. The first-order valence-electron chi connectivity index (χ1n) is 5.30. The van der Waals surface area contributed by atoms with Crippen LogP contribution in [0.2, 0.25) is 0 Å². The van der Waals surface area contributed by atoms with Gasteiger partial charge in [0.15, 0.2) is 5.17 Å². The molecular formula is C11H13N5O2S. The van der Waals surface area contributed by atoms with Gasteiger partial charge in [-0.1, -0.05) is 11.8 Å². The number of esters is 1. The molecule has 100 valence electrons. The minimum absolute atomic E-state index is 0.121. The quantitative estimate of drug-likeness (QED) is 0.298. The molecule has 0 saturated heterocycles. The van der Waals surface area contributed by atoms with Gasteiger partial charge >= 0.3 is 5.97 Å². The largest absolute Gasteiger partial charge is 0.462 e. The minimum Gasteiger partial charge on any atom is -0.462 e. The zero-order valence-corrected chi connectivity index (χ0v) is 11.3. The van der Waals surface area contributed by atoms with Gasteiger partial charge in [-0.15, -0.1) is 0 Å². The predicted molar refractivity (Wildman–Crippen MR) is 73.4 cm³/mol. The van der Waals surface area contributed by atoms with Crippen molar-refractivity contribution >= 4 is 28.7 Å². The van der Waals surface area contributed by atoms with Crippen molar-refractivity contribution in [1.29, 1.82) is 10.7 Å². The molecule has 0 radical (unpaired) electrons. The van der Waals surface area contributed by atoms with Gasteiger partial charge in [0.25, 0.3) is 0 Å². The number of nitrogens with zero attached hydrogens (tertiary/aromatic N) is 2. The lowest BCUT2D eigenvalue weighted by Crippen LogP contribution is -2.32. The Morgan fingerprint density at radius 3 is 2.89 bits per heavy atom. The SMILES string of the molecule is CCOC(=O)C(C(=N)N)=C1NC(SC)=NC=C1C#N. The summed E-state index contributed by atoms with van der Waals surface area (Å²) < 4.78 is 4.84. The summed E-state index contributed by atoms with van der Waals surface area (Å²) in [4.78, 5) is 15.8. The molecule has 1 rings (SSSR count). The van der Waals surface area contributed by atoms with Crippen LogP contribution in [0.15, 0.2) is 28.0 Å². The predicted octanol–water partition coefficient (Wildman–Crippen LogP) is 0.469. The van der Waals surface area contributed by atoms with Crippen LogP contribution in [0.1, 0.15) is 6.92 Å². The molecule has 7 nitrogen and oxygen atoms in total. The van der Waals surface area contributed by atoms with Crippen LogP contribution >= 0.6 is 11.8 Å². The molecule has 0 unspecified atom stereocenters. The van der Waals surface area contributed by atoms with E-state index in [2.05, 4.69) is 10.3 Å². The fourth-order valence-corrected chi connectivity index (χ4v) is 1.69. The number of nitrogens with two attached hydrogens (primary N) is 1. The maximum absolute atomic E-state index is 11.8. The molecule has 1 heterocycles. The summed E-state index contributed by atoms with van der Waals surface area (Å²) in [6, 6.07) is 1.90. The first-order chi connectivity index (χ1) is 9.04. The summed E-state index contributed by atoms with van der Waals surface area (Å²) >= 11 is 1.30. The summed E-state index contributed by atoms with van der Waals surface area (Å²) in [6.45, 7) is 1.79. The summed E-state index contributed by atoms with van der Waals surface area (Å²) in [5.74, 6) is -1.22. The van der Waals surface area contributed by atoms with Crippen molar-refractivity contribution in [2.45, 2.75) is 6.92 Å². The number of rotatable bonds is 3. The number of ether oxygens (including phenoxy) is 1. The van der Waals surface area contributed by atoms with Crippen molar-refractivity contribution in [3.05, 3.63) is 23.0 Å². The second-order valence-corrected chi connectivity index (χ2v) is 4.10. The zero-order valence-electron chi connectivity index (χ0n) is 10.5. The molecule has 0 saturated carbocycles. The number of hydrogen-bond donors (Lipinski definition) is 3. The molecule has 0 amide bonds. The fraction of sp³-hybridized carbons (Fsp3) is 0.273. The van der Waals surface area contributed by atoms with Crippen molar-refractivity contribution in [2.75, 3.05) is 12.9 Å². The zero-order chi connectivity index (χ0) is 14.4. The monoisotopic (exact) mass is 279 g/mol. The molecule has 0 aromatic heterocycles. The molecular weight excluding hydrogens is 266 g/mol. The maximum Gasteiger partial charge on any atom is 0.344 e. The van der Waals surface area contributed by atoms with E-state index in [-0.39, 0.29) is 23.5 Å². The van der Waals surface area contributed by atoms with Crippen LogP contribution in [0.25, 0.3) is 0 Å². The van der Waals surface area contributed by atoms with Gasteiger partial charge in [-0.05, 0) is 13.2 Å². The molecule has 0 fully saturated rings. The molecule has 0 aromatic rings. The lowest BCUT2D eigenvalue weighted by atomic mass is 10.1. The number of thioether (sulfide) groups is 1. The van der Waals surface area contributed by atoms with Crippen molar-refractivity contribution in [1.82, 2.24) is 5.32 Å². The second-order valence-electron chi connectivity index (χ2n) is 3.30. The summed E-state index contributed by atoms with van der Waals surface area (Å²) in [5.41, 5.74) is 5.50. The average Bonchev–Trinajstić information content (AvgIpc) is 2.38. The van der Waals surface area contributed by atoms with Crippen molar-refractivity contribution in [3.63, 3.8) is 0 Å². The van der Waals surface area contributed by atoms with E-state index in [0.717, 1.165) is 0 Å². The Morgan fingerprint density at radius 1 is 1.74 bits per heavy atom. The van der Waals surface area contributed by atoms with Gasteiger partial charge in [0.05, 0.1) is 17.9 Å². The fourth-order valence-electron chi connectivity index (χ4n) is 1.33. The summed E-state index contributed by atoms with van der Waals surface area (Å²) in [7, 11) is 0. The number of nitriles is 1.